The summed E-state index contributed by atoms with van der Waals surface area (Å²) in [5.41, 5.74) is 6.29. The summed E-state index contributed by atoms with van der Waals surface area (Å²) in [5, 5.41) is 9.56. The molecule has 0 spiro atoms. The molecular weight excluding hydrogens is 399 g/mol. The highest BCUT2D eigenvalue weighted by atomic mass is 79.9. The fraction of sp³-hybridized carbons (Fsp3) is 0.0455. The van der Waals surface area contributed by atoms with Crippen LogP contribution < -0.4 is 5.46 Å². The molecule has 27 heavy (non-hydrogen) atoms. The lowest BCUT2D eigenvalue weighted by Gasteiger charge is -2.04. The molecular formula is C22H18BBrN2O. The molecule has 0 fully saturated rings. The molecule has 0 radical (unpaired) electrons. The average Bonchev–Trinajstić information content (AvgIpc) is 3.14. The predicted molar refractivity (Wildman–Crippen MR) is 117 cm³/mol. The average molecular weight is 417 g/mol. The van der Waals surface area contributed by atoms with Crippen molar-refractivity contribution in [1.82, 2.24) is 9.97 Å². The zero-order chi connectivity index (χ0) is 18.8. The molecule has 1 aromatic heterocycles. The first-order valence-electron chi connectivity index (χ1n) is 8.88. The number of hydrogen-bond donors (Lipinski definition) is 2. The van der Waals surface area contributed by atoms with Crippen molar-refractivity contribution in [3.8, 4) is 39.7 Å². The Morgan fingerprint density at radius 2 is 1.41 bits per heavy atom. The quantitative estimate of drug-likeness (QED) is 0.460. The van der Waals surface area contributed by atoms with Crippen LogP contribution in [0.4, 0.5) is 0 Å². The summed E-state index contributed by atoms with van der Waals surface area (Å²) in [6, 6.07) is 23.8. The smallest absolute Gasteiger partial charge is 0.154 e. The topological polar surface area (TPSA) is 48.9 Å². The number of rotatable bonds is 4. The molecule has 0 saturated carbocycles. The number of aromatic amines is 1. The third-order valence-corrected chi connectivity index (χ3v) is 5.14. The molecule has 132 valence electrons. The summed E-state index contributed by atoms with van der Waals surface area (Å²) in [5.74, 6) is 1.02. The minimum Gasteiger partial charge on any atom is -0.508 e. The second-order valence-electron chi connectivity index (χ2n) is 6.41. The Hall–Kier alpha value is -2.79. The molecule has 0 unspecified atom stereocenters. The lowest BCUT2D eigenvalue weighted by Crippen LogP contribution is -2.08. The monoisotopic (exact) mass is 416 g/mol. The van der Waals surface area contributed by atoms with E-state index in [9.17, 15) is 5.11 Å². The molecule has 5 heteroatoms. The first kappa shape index (κ1) is 17.6. The Morgan fingerprint density at radius 1 is 0.815 bits per heavy atom. The van der Waals surface area contributed by atoms with Gasteiger partial charge in [-0.1, -0.05) is 64.6 Å². The number of nitrogens with one attached hydrogen (secondary N) is 1. The molecule has 4 aromatic rings. The van der Waals surface area contributed by atoms with Crippen LogP contribution in [0.3, 0.4) is 0 Å². The number of benzene rings is 3. The van der Waals surface area contributed by atoms with Crippen LogP contribution in [0.1, 0.15) is 0 Å². The fourth-order valence-corrected chi connectivity index (χ4v) is 3.33. The van der Waals surface area contributed by atoms with Gasteiger partial charge in [0.05, 0.1) is 11.4 Å². The molecule has 2 N–H and O–H groups in total. The normalized spacial score (nSPS) is 10.7. The molecule has 0 aliphatic carbocycles. The molecule has 0 atom stereocenters. The number of halogens is 1. The summed E-state index contributed by atoms with van der Waals surface area (Å²) in [7, 11) is 1.01. The Kier molecular flexibility index (Phi) is 4.86. The predicted octanol–water partition coefficient (Wildman–Crippen LogP) is 4.99. The van der Waals surface area contributed by atoms with E-state index in [1.165, 1.54) is 5.46 Å². The number of nitrogens with zero attached hydrogens (tertiary/aromatic N) is 1. The van der Waals surface area contributed by atoms with Crippen LogP contribution in [-0.4, -0.2) is 22.4 Å². The minimum atomic E-state index is 0.244. The molecule has 3 aromatic carbocycles. The minimum absolute atomic E-state index is 0.244. The van der Waals surface area contributed by atoms with Crippen LogP contribution in [0, 0.1) is 0 Å². The molecule has 0 aliphatic heterocycles. The maximum atomic E-state index is 9.56. The van der Waals surface area contributed by atoms with Gasteiger partial charge in [0, 0.05) is 21.2 Å². The Morgan fingerprint density at radius 3 is 2.04 bits per heavy atom. The van der Waals surface area contributed by atoms with E-state index in [-0.39, 0.29) is 5.75 Å². The van der Waals surface area contributed by atoms with Crippen molar-refractivity contribution in [2.75, 3.05) is 0 Å². The second-order valence-corrected chi connectivity index (χ2v) is 7.33. The molecule has 0 bridgehead atoms. The van der Waals surface area contributed by atoms with E-state index in [4.69, 9.17) is 4.98 Å². The molecule has 1 heterocycles. The number of aromatic nitrogens is 2. The van der Waals surface area contributed by atoms with Gasteiger partial charge in [0.15, 0.2) is 7.28 Å². The van der Waals surface area contributed by atoms with Gasteiger partial charge in [-0.3, -0.25) is 0 Å². The van der Waals surface area contributed by atoms with Crippen LogP contribution >= 0.6 is 15.9 Å². The fourth-order valence-electron chi connectivity index (χ4n) is 3.06. The number of imidazole rings is 1. The van der Waals surface area contributed by atoms with Gasteiger partial charge in [-0.25, -0.2) is 4.98 Å². The van der Waals surface area contributed by atoms with E-state index in [0.717, 1.165) is 45.7 Å². The van der Waals surface area contributed by atoms with Crippen molar-refractivity contribution in [2.45, 2.75) is 6.82 Å². The lowest BCUT2D eigenvalue weighted by molar-refractivity contribution is 0.475. The van der Waals surface area contributed by atoms with E-state index in [0.29, 0.717) is 0 Å². The van der Waals surface area contributed by atoms with E-state index in [2.05, 4.69) is 64.1 Å². The van der Waals surface area contributed by atoms with Crippen molar-refractivity contribution in [3.63, 3.8) is 0 Å². The van der Waals surface area contributed by atoms with E-state index in [1.54, 1.807) is 12.1 Å². The summed E-state index contributed by atoms with van der Waals surface area (Å²) in [6.45, 7) is 2.15. The Balaban J connectivity index is 1.86. The van der Waals surface area contributed by atoms with Crippen molar-refractivity contribution >= 4 is 28.7 Å². The Bertz CT molecular complexity index is 1060. The number of H-pyrrole nitrogens is 1. The standard InChI is InChI=1S/C22H18BBrN2O/c1-23-17-8-2-14(3-9-17)20-21(15-4-10-18(24)11-5-15)26-22(25-20)16-6-12-19(27)13-7-16/h2-13,23,27H,1H3,(H,25,26). The van der Waals surface area contributed by atoms with Gasteiger partial charge < -0.3 is 10.1 Å². The molecule has 0 amide bonds. The van der Waals surface area contributed by atoms with Gasteiger partial charge in [0.1, 0.15) is 11.6 Å². The highest BCUT2D eigenvalue weighted by molar-refractivity contribution is 9.10. The van der Waals surface area contributed by atoms with Gasteiger partial charge in [0.25, 0.3) is 0 Å². The van der Waals surface area contributed by atoms with Crippen molar-refractivity contribution in [2.24, 2.45) is 0 Å². The van der Waals surface area contributed by atoms with Crippen molar-refractivity contribution in [1.29, 1.82) is 0 Å². The maximum absolute atomic E-state index is 9.56. The van der Waals surface area contributed by atoms with Gasteiger partial charge in [-0.15, -0.1) is 0 Å². The molecule has 4 rings (SSSR count). The van der Waals surface area contributed by atoms with Gasteiger partial charge >= 0.3 is 0 Å². The van der Waals surface area contributed by atoms with Crippen molar-refractivity contribution < 1.29 is 5.11 Å². The van der Waals surface area contributed by atoms with E-state index < -0.39 is 0 Å². The summed E-state index contributed by atoms with van der Waals surface area (Å²) in [6.07, 6.45) is 0. The zero-order valence-corrected chi connectivity index (χ0v) is 16.5. The highest BCUT2D eigenvalue weighted by Gasteiger charge is 2.15. The van der Waals surface area contributed by atoms with Crippen LogP contribution in [0.25, 0.3) is 33.9 Å². The summed E-state index contributed by atoms with van der Waals surface area (Å²) >= 11 is 3.50. The van der Waals surface area contributed by atoms with E-state index >= 15 is 0 Å². The molecule has 0 aliphatic rings. The number of aromatic hydroxyl groups is 1. The third-order valence-electron chi connectivity index (χ3n) is 4.61. The van der Waals surface area contributed by atoms with E-state index in [1.807, 2.05) is 24.3 Å². The first-order valence-corrected chi connectivity index (χ1v) is 9.68. The number of phenols is 1. The summed E-state index contributed by atoms with van der Waals surface area (Å²) in [4.78, 5) is 8.36. The van der Waals surface area contributed by atoms with Gasteiger partial charge in [-0.2, -0.15) is 0 Å². The SMILES string of the molecule is CBc1ccc(-c2nc(-c3ccc(O)cc3)[nH]c2-c2ccc(Br)cc2)cc1. The van der Waals surface area contributed by atoms with Crippen LogP contribution in [0.2, 0.25) is 6.82 Å². The lowest BCUT2D eigenvalue weighted by atomic mass is 9.73. The number of hydrogen-bond acceptors (Lipinski definition) is 2. The largest absolute Gasteiger partial charge is 0.508 e. The third kappa shape index (κ3) is 3.69. The van der Waals surface area contributed by atoms with Crippen LogP contribution in [0.5, 0.6) is 5.75 Å². The van der Waals surface area contributed by atoms with Crippen LogP contribution in [0.15, 0.2) is 77.3 Å². The maximum Gasteiger partial charge on any atom is 0.154 e. The van der Waals surface area contributed by atoms with Gasteiger partial charge in [-0.05, 0) is 36.4 Å². The highest BCUT2D eigenvalue weighted by Crippen LogP contribution is 2.33. The van der Waals surface area contributed by atoms with Crippen molar-refractivity contribution in [3.05, 3.63) is 77.3 Å². The van der Waals surface area contributed by atoms with Crippen LogP contribution in [-0.2, 0) is 0 Å². The Labute approximate surface area is 167 Å². The number of phenolic OH excluding ortho intramolecular Hbond substituents is 1. The molecule has 3 nitrogen and oxygen atoms in total. The second kappa shape index (κ2) is 7.45. The summed E-state index contributed by atoms with van der Waals surface area (Å²) < 4.78 is 1.04. The van der Waals surface area contributed by atoms with Gasteiger partial charge in [0.2, 0.25) is 0 Å². The zero-order valence-electron chi connectivity index (χ0n) is 14.9. The molecule has 0 saturated heterocycles. The first-order chi connectivity index (χ1) is 13.1.